The van der Waals surface area contributed by atoms with Crippen LogP contribution in [0.5, 0.6) is 0 Å². The third-order valence-corrected chi connectivity index (χ3v) is 4.11. The van der Waals surface area contributed by atoms with Crippen molar-refractivity contribution in [2.24, 2.45) is 0 Å². The van der Waals surface area contributed by atoms with Gasteiger partial charge in [-0.2, -0.15) is 0 Å². The summed E-state index contributed by atoms with van der Waals surface area (Å²) in [7, 11) is 0. The van der Waals surface area contributed by atoms with Crippen molar-refractivity contribution in [1.82, 2.24) is 10.5 Å². The SMILES string of the molecule is O=C(NC[C@](O)(c1ccoc1)c1cccs1)c1ccno1. The Hall–Kier alpha value is -2.38. The van der Waals surface area contributed by atoms with Crippen LogP contribution < -0.4 is 5.32 Å². The highest BCUT2D eigenvalue weighted by molar-refractivity contribution is 7.10. The molecule has 3 rings (SSSR count). The third kappa shape index (κ3) is 2.61. The van der Waals surface area contributed by atoms with Gasteiger partial charge in [-0.1, -0.05) is 11.2 Å². The summed E-state index contributed by atoms with van der Waals surface area (Å²) in [6.07, 6.45) is 4.32. The predicted molar refractivity (Wildman–Crippen MR) is 74.9 cm³/mol. The number of hydrogen-bond donors (Lipinski definition) is 2. The molecule has 7 heteroatoms. The van der Waals surface area contributed by atoms with Crippen LogP contribution in [0.3, 0.4) is 0 Å². The van der Waals surface area contributed by atoms with Crippen molar-refractivity contribution >= 4 is 17.2 Å². The summed E-state index contributed by atoms with van der Waals surface area (Å²) >= 11 is 1.40. The second kappa shape index (κ2) is 5.55. The van der Waals surface area contributed by atoms with Crippen LogP contribution in [0.15, 0.2) is 57.3 Å². The standard InChI is InChI=1S/C14H12N2O4S/c17-13(11-3-5-16-20-11)15-9-14(18,10-4-6-19-8-10)12-2-1-7-21-12/h1-8,18H,9H2,(H,15,17)/t14-/m0/s1. The van der Waals surface area contributed by atoms with Crippen LogP contribution in [0.1, 0.15) is 21.0 Å². The molecule has 0 unspecified atom stereocenters. The summed E-state index contributed by atoms with van der Waals surface area (Å²) in [5.74, 6) is -0.346. The lowest BCUT2D eigenvalue weighted by molar-refractivity contribution is 0.0695. The van der Waals surface area contributed by atoms with E-state index in [0.29, 0.717) is 10.4 Å². The van der Waals surface area contributed by atoms with Gasteiger partial charge in [0.1, 0.15) is 5.60 Å². The lowest BCUT2D eigenvalue weighted by Gasteiger charge is -2.26. The maximum atomic E-state index is 11.9. The van der Waals surface area contributed by atoms with Crippen LogP contribution in [0, 0.1) is 0 Å². The van der Waals surface area contributed by atoms with E-state index in [4.69, 9.17) is 8.94 Å². The highest BCUT2D eigenvalue weighted by Crippen LogP contribution is 2.32. The number of aromatic nitrogens is 1. The second-order valence-electron chi connectivity index (χ2n) is 4.41. The van der Waals surface area contributed by atoms with Crippen LogP contribution in [-0.4, -0.2) is 22.7 Å². The molecule has 6 nitrogen and oxygen atoms in total. The Morgan fingerprint density at radius 1 is 1.43 bits per heavy atom. The fraction of sp³-hybridized carbons (Fsp3) is 0.143. The molecular formula is C14H12N2O4S. The number of nitrogens with zero attached hydrogens (tertiary/aromatic N) is 1. The van der Waals surface area contributed by atoms with Gasteiger partial charge in [-0.05, 0) is 17.5 Å². The molecule has 0 aliphatic carbocycles. The quantitative estimate of drug-likeness (QED) is 0.752. The van der Waals surface area contributed by atoms with Gasteiger partial charge in [0.15, 0.2) is 0 Å². The average molecular weight is 304 g/mol. The molecule has 0 bridgehead atoms. The molecule has 0 saturated heterocycles. The topological polar surface area (TPSA) is 88.5 Å². The molecule has 0 saturated carbocycles. The highest BCUT2D eigenvalue weighted by Gasteiger charge is 2.34. The number of rotatable bonds is 5. The zero-order valence-electron chi connectivity index (χ0n) is 10.9. The molecule has 0 aliphatic heterocycles. The lowest BCUT2D eigenvalue weighted by atomic mass is 9.94. The van der Waals surface area contributed by atoms with Crippen molar-refractivity contribution < 1.29 is 18.8 Å². The van der Waals surface area contributed by atoms with Crippen LogP contribution in [0.4, 0.5) is 0 Å². The van der Waals surface area contributed by atoms with Crippen LogP contribution in [0.2, 0.25) is 0 Å². The second-order valence-corrected chi connectivity index (χ2v) is 5.36. The smallest absolute Gasteiger partial charge is 0.290 e. The van der Waals surface area contributed by atoms with E-state index in [9.17, 15) is 9.90 Å². The normalized spacial score (nSPS) is 13.8. The molecular weight excluding hydrogens is 292 g/mol. The Kier molecular flexibility index (Phi) is 3.59. The number of carbonyl (C=O) groups excluding carboxylic acids is 1. The number of amides is 1. The molecule has 0 spiro atoms. The van der Waals surface area contributed by atoms with Gasteiger partial charge >= 0.3 is 0 Å². The fourth-order valence-corrected chi connectivity index (χ4v) is 2.82. The Morgan fingerprint density at radius 3 is 2.95 bits per heavy atom. The highest BCUT2D eigenvalue weighted by atomic mass is 32.1. The number of nitrogens with one attached hydrogen (secondary N) is 1. The number of aliphatic hydroxyl groups is 1. The number of thiophene rings is 1. The van der Waals surface area contributed by atoms with Crippen LogP contribution >= 0.6 is 11.3 Å². The first kappa shape index (κ1) is 13.6. The average Bonchev–Trinajstić information content (AvgIpc) is 3.27. The van der Waals surface area contributed by atoms with Crippen molar-refractivity contribution in [2.45, 2.75) is 5.60 Å². The van der Waals surface area contributed by atoms with Gasteiger partial charge in [-0.25, -0.2) is 0 Å². The molecule has 0 aliphatic rings. The first-order valence-corrected chi connectivity index (χ1v) is 7.06. The monoisotopic (exact) mass is 304 g/mol. The van der Waals surface area contributed by atoms with Crippen LogP contribution in [0.25, 0.3) is 0 Å². The zero-order chi connectivity index (χ0) is 14.7. The number of hydrogen-bond acceptors (Lipinski definition) is 6. The molecule has 3 aromatic heterocycles. The van der Waals surface area contributed by atoms with Gasteiger partial charge in [0.25, 0.3) is 5.91 Å². The molecule has 3 heterocycles. The molecule has 3 aromatic rings. The zero-order valence-corrected chi connectivity index (χ0v) is 11.7. The van der Waals surface area contributed by atoms with Gasteiger partial charge in [-0.15, -0.1) is 11.3 Å². The van der Waals surface area contributed by atoms with Gasteiger partial charge < -0.3 is 19.4 Å². The lowest BCUT2D eigenvalue weighted by Crippen LogP contribution is -2.40. The molecule has 0 fully saturated rings. The number of carbonyl (C=O) groups is 1. The third-order valence-electron chi connectivity index (χ3n) is 3.09. The van der Waals surface area contributed by atoms with E-state index in [1.807, 2.05) is 11.4 Å². The minimum absolute atomic E-state index is 0.00736. The summed E-state index contributed by atoms with van der Waals surface area (Å²) in [5.41, 5.74) is -0.778. The first-order valence-electron chi connectivity index (χ1n) is 6.18. The Labute approximate surface area is 124 Å². The molecule has 2 N–H and O–H groups in total. The molecule has 1 amide bonds. The maximum absolute atomic E-state index is 11.9. The number of furan rings is 1. The molecule has 0 aromatic carbocycles. The Balaban J connectivity index is 1.83. The van der Waals surface area contributed by atoms with Gasteiger partial charge in [-0.3, -0.25) is 4.79 Å². The van der Waals surface area contributed by atoms with Crippen molar-refractivity contribution in [3.8, 4) is 0 Å². The minimum Gasteiger partial charge on any atom is -0.472 e. The molecule has 108 valence electrons. The summed E-state index contributed by atoms with van der Waals surface area (Å²) in [5, 5.41) is 18.9. The van der Waals surface area contributed by atoms with E-state index in [1.165, 1.54) is 36.1 Å². The minimum atomic E-state index is -1.35. The summed E-state index contributed by atoms with van der Waals surface area (Å²) in [6.45, 7) is -0.00736. The van der Waals surface area contributed by atoms with Crippen LogP contribution in [-0.2, 0) is 5.60 Å². The van der Waals surface area contributed by atoms with Crippen molar-refractivity contribution in [3.05, 3.63) is 64.6 Å². The molecule has 21 heavy (non-hydrogen) atoms. The summed E-state index contributed by atoms with van der Waals surface area (Å²) < 4.78 is 9.82. The molecule has 0 radical (unpaired) electrons. The van der Waals surface area contributed by atoms with Gasteiger partial charge in [0.2, 0.25) is 5.76 Å². The predicted octanol–water partition coefficient (Wildman–Crippen LogP) is 1.99. The van der Waals surface area contributed by atoms with E-state index in [2.05, 4.69) is 10.5 Å². The molecule has 1 atom stereocenters. The van der Waals surface area contributed by atoms with Crippen molar-refractivity contribution in [3.63, 3.8) is 0 Å². The fourth-order valence-electron chi connectivity index (χ4n) is 1.97. The van der Waals surface area contributed by atoms with Crippen molar-refractivity contribution in [2.75, 3.05) is 6.54 Å². The first-order chi connectivity index (χ1) is 10.2. The van der Waals surface area contributed by atoms with Crippen molar-refractivity contribution in [1.29, 1.82) is 0 Å². The Bertz CT molecular complexity index is 655. The Morgan fingerprint density at radius 2 is 2.33 bits per heavy atom. The summed E-state index contributed by atoms with van der Waals surface area (Å²) in [6, 6.07) is 6.76. The van der Waals surface area contributed by atoms with E-state index < -0.39 is 11.5 Å². The van der Waals surface area contributed by atoms with Gasteiger partial charge in [0, 0.05) is 16.5 Å². The van der Waals surface area contributed by atoms with Gasteiger partial charge in [0.05, 0.1) is 25.3 Å². The largest absolute Gasteiger partial charge is 0.472 e. The maximum Gasteiger partial charge on any atom is 0.290 e. The van der Waals surface area contributed by atoms with E-state index >= 15 is 0 Å². The summed E-state index contributed by atoms with van der Waals surface area (Å²) in [4.78, 5) is 12.6. The van der Waals surface area contributed by atoms with E-state index in [-0.39, 0.29) is 12.3 Å². The van der Waals surface area contributed by atoms with E-state index in [0.717, 1.165) is 0 Å². The van der Waals surface area contributed by atoms with E-state index in [1.54, 1.807) is 12.1 Å².